The number of methoxy groups -OCH3 is 1. The van der Waals surface area contributed by atoms with E-state index in [-0.39, 0.29) is 30.9 Å². The lowest BCUT2D eigenvalue weighted by atomic mass is 9.79. The molecule has 8 unspecified atom stereocenters. The molecule has 4 rings (SSSR count). The summed E-state index contributed by atoms with van der Waals surface area (Å²) < 4.78 is 44.5. The number of aliphatic hydroxyl groups excluding tert-OH is 3. The van der Waals surface area contributed by atoms with Crippen LogP contribution >= 0.6 is 0 Å². The molecule has 0 aromatic carbocycles. The fraction of sp³-hybridized carbons (Fsp3) is 0.946. The molecule has 0 aromatic rings. The Hall–Kier alpha value is -1.46. The van der Waals surface area contributed by atoms with Gasteiger partial charge in [-0.3, -0.25) is 4.79 Å². The highest BCUT2D eigenvalue weighted by molar-refractivity contribution is 5.81. The van der Waals surface area contributed by atoms with E-state index in [1.165, 1.54) is 14.0 Å². The van der Waals surface area contributed by atoms with Crippen LogP contribution in [0.1, 0.15) is 94.9 Å². The van der Waals surface area contributed by atoms with Crippen LogP contribution in [0.25, 0.3) is 0 Å². The molecule has 0 saturated carbocycles. The van der Waals surface area contributed by atoms with Gasteiger partial charge in [-0.25, -0.2) is 4.99 Å². The van der Waals surface area contributed by atoms with Gasteiger partial charge in [-0.15, -0.1) is 0 Å². The molecule has 0 aliphatic carbocycles. The highest BCUT2D eigenvalue weighted by Crippen LogP contribution is 2.44. The molecule has 0 amide bonds. The average molecular weight is 731 g/mol. The summed E-state index contributed by atoms with van der Waals surface area (Å²) in [6.07, 6.45) is -7.53. The molecule has 3 saturated heterocycles. The second-order valence-corrected chi connectivity index (χ2v) is 16.5. The highest BCUT2D eigenvalue weighted by atomic mass is 16.7. The zero-order valence-electron chi connectivity index (χ0n) is 32.9. The Labute approximate surface area is 304 Å². The van der Waals surface area contributed by atoms with Crippen LogP contribution in [0.3, 0.4) is 0 Å². The van der Waals surface area contributed by atoms with Crippen LogP contribution in [0.2, 0.25) is 0 Å². The van der Waals surface area contributed by atoms with Crippen molar-refractivity contribution in [2.75, 3.05) is 21.2 Å². The second kappa shape index (κ2) is 16.1. The predicted molar refractivity (Wildman–Crippen MR) is 188 cm³/mol. The number of aliphatic imine (C=N–C) groups is 1. The maximum Gasteiger partial charge on any atom is 0.311 e. The van der Waals surface area contributed by atoms with Gasteiger partial charge in [0.2, 0.25) is 0 Å². The second-order valence-electron chi connectivity index (χ2n) is 16.5. The minimum atomic E-state index is -1.84. The van der Waals surface area contributed by atoms with Crippen molar-refractivity contribution in [2.24, 2.45) is 22.7 Å². The number of nitrogens with zero attached hydrogens (tertiary/aromatic N) is 2. The number of hydrogen-bond donors (Lipinski definition) is 4. The van der Waals surface area contributed by atoms with Crippen molar-refractivity contribution in [3.8, 4) is 0 Å². The molecule has 4 aliphatic rings. The normalized spacial score (nSPS) is 50.3. The molecule has 14 nitrogen and oxygen atoms in total. The summed E-state index contributed by atoms with van der Waals surface area (Å²) in [7, 11) is 5.33. The van der Waals surface area contributed by atoms with Crippen molar-refractivity contribution in [1.29, 1.82) is 0 Å². The van der Waals surface area contributed by atoms with Crippen LogP contribution < -0.4 is 0 Å². The van der Waals surface area contributed by atoms with Crippen molar-refractivity contribution >= 4 is 11.9 Å². The lowest BCUT2D eigenvalue weighted by molar-refractivity contribution is -0.315. The molecule has 51 heavy (non-hydrogen) atoms. The maximum absolute atomic E-state index is 14.2. The first-order valence-corrected chi connectivity index (χ1v) is 18.7. The first-order chi connectivity index (χ1) is 23.6. The summed E-state index contributed by atoms with van der Waals surface area (Å²) in [5.74, 6) is -2.03. The van der Waals surface area contributed by atoms with Crippen molar-refractivity contribution in [3.05, 3.63) is 0 Å². The smallest absolute Gasteiger partial charge is 0.311 e. The summed E-state index contributed by atoms with van der Waals surface area (Å²) in [6.45, 7) is 17.8. The van der Waals surface area contributed by atoms with Gasteiger partial charge in [-0.05, 0) is 75.4 Å². The number of fused-ring (bicyclic) bond motifs is 2. The van der Waals surface area contributed by atoms with E-state index in [9.17, 15) is 25.2 Å². The number of esters is 1. The molecule has 4 aliphatic heterocycles. The fourth-order valence-corrected chi connectivity index (χ4v) is 8.61. The third-order valence-electron chi connectivity index (χ3n) is 11.9. The molecule has 2 bridgehead atoms. The van der Waals surface area contributed by atoms with Gasteiger partial charge in [-0.1, -0.05) is 20.8 Å². The topological polar surface area (TPSA) is 178 Å². The molecule has 18 atom stereocenters. The molecule has 0 spiro atoms. The maximum atomic E-state index is 14.2. The molecule has 4 heterocycles. The Morgan fingerprint density at radius 3 is 2.20 bits per heavy atom. The molecule has 4 N–H and O–H groups in total. The van der Waals surface area contributed by atoms with E-state index < -0.39 is 96.0 Å². The molecule has 0 radical (unpaired) electrons. The number of rotatable bonds is 7. The largest absolute Gasteiger partial charge is 0.472 e. The van der Waals surface area contributed by atoms with Gasteiger partial charge in [0, 0.05) is 37.8 Å². The van der Waals surface area contributed by atoms with Gasteiger partial charge in [0.05, 0.1) is 35.9 Å². The van der Waals surface area contributed by atoms with Crippen LogP contribution in [-0.2, 0) is 38.0 Å². The number of hydrogen-bond acceptors (Lipinski definition) is 14. The van der Waals surface area contributed by atoms with Gasteiger partial charge in [0.1, 0.15) is 41.7 Å². The molecule has 14 heteroatoms. The number of aliphatic hydroxyl groups is 4. The quantitative estimate of drug-likeness (QED) is 0.281. The number of carbonyl (C=O) groups excluding carboxylic acids is 1. The van der Waals surface area contributed by atoms with Crippen molar-refractivity contribution < 1.29 is 58.4 Å². The number of carbonyl (C=O) groups is 1. The van der Waals surface area contributed by atoms with Crippen LogP contribution in [0.4, 0.5) is 0 Å². The van der Waals surface area contributed by atoms with Crippen LogP contribution in [0.5, 0.6) is 0 Å². The predicted octanol–water partition coefficient (Wildman–Crippen LogP) is 2.41. The summed E-state index contributed by atoms with van der Waals surface area (Å²) in [4.78, 5) is 20.9. The Balaban J connectivity index is 1.85. The van der Waals surface area contributed by atoms with Crippen LogP contribution in [0.15, 0.2) is 4.99 Å². The standard InChI is InChI=1S/C37H66N2O12/c1-14-25-37(10,44)29(41)22(6)38-32-18(2)16-36(9,51-32)31(50-34-27(40)24(39(11)12)15-19(3)46-34)20(4)28(21(5)33(43)48-25)49-26-17-35(8,45-13)30(42)23(7)47-26/h18-31,34,40-42,44H,14-17H2,1-13H3/t18-,19?,20-,21-,22+,23?,24?,25-,26?,27?,28-,29+,30?,31-,34?,35?,36+,37-/m1/s1. The van der Waals surface area contributed by atoms with Gasteiger partial charge >= 0.3 is 5.97 Å². The first-order valence-electron chi connectivity index (χ1n) is 18.7. The Bertz CT molecular complexity index is 1220. The SMILES string of the molecule is CC[C@H]1OC(=O)[C@H](C)[C@H](OC2CC(C)(OC)C(O)C(C)O2)[C@@H](C)[C@@H](OC2OC(C)CC(N(C)C)C2O)[C@]2(C)C[C@@H](C)C(=N[C@@H](C)[C@H](O)[C@]1(C)O)O2. The molecular formula is C37H66N2O12. The summed E-state index contributed by atoms with van der Waals surface area (Å²) in [5, 5.41) is 45.5. The molecule has 0 aromatic heterocycles. The lowest BCUT2D eigenvalue weighted by Gasteiger charge is -2.48. The van der Waals surface area contributed by atoms with E-state index in [0.717, 1.165) is 0 Å². The Morgan fingerprint density at radius 1 is 0.961 bits per heavy atom. The zero-order valence-corrected chi connectivity index (χ0v) is 32.9. The number of ether oxygens (including phenoxy) is 7. The Kier molecular flexibility index (Phi) is 13.4. The van der Waals surface area contributed by atoms with E-state index in [2.05, 4.69) is 0 Å². The third-order valence-corrected chi connectivity index (χ3v) is 11.9. The fourth-order valence-electron chi connectivity index (χ4n) is 8.61. The third kappa shape index (κ3) is 8.60. The Morgan fingerprint density at radius 2 is 1.61 bits per heavy atom. The van der Waals surface area contributed by atoms with Gasteiger partial charge in [-0.2, -0.15) is 0 Å². The number of cyclic esters (lactones) is 1. The van der Waals surface area contributed by atoms with E-state index >= 15 is 0 Å². The van der Waals surface area contributed by atoms with Gasteiger partial charge in [0.15, 0.2) is 18.5 Å². The van der Waals surface area contributed by atoms with Gasteiger partial charge in [0.25, 0.3) is 0 Å². The van der Waals surface area contributed by atoms with E-state index in [1.807, 2.05) is 46.7 Å². The van der Waals surface area contributed by atoms with Crippen molar-refractivity contribution in [2.45, 2.75) is 185 Å². The van der Waals surface area contributed by atoms with E-state index in [0.29, 0.717) is 18.7 Å². The summed E-state index contributed by atoms with van der Waals surface area (Å²) in [6, 6.07) is -1.04. The molecule has 3 fully saturated rings. The van der Waals surface area contributed by atoms with Crippen molar-refractivity contribution in [1.82, 2.24) is 4.90 Å². The van der Waals surface area contributed by atoms with E-state index in [4.69, 9.17) is 38.2 Å². The van der Waals surface area contributed by atoms with Crippen molar-refractivity contribution in [3.63, 3.8) is 0 Å². The molecular weight excluding hydrogens is 664 g/mol. The van der Waals surface area contributed by atoms with Crippen LogP contribution in [-0.4, -0.2) is 149 Å². The van der Waals surface area contributed by atoms with Gasteiger partial charge < -0.3 is 58.5 Å². The zero-order chi connectivity index (χ0) is 38.4. The van der Waals surface area contributed by atoms with Crippen LogP contribution in [0, 0.1) is 17.8 Å². The minimum absolute atomic E-state index is 0.163. The average Bonchev–Trinajstić information content (AvgIpc) is 3.35. The van der Waals surface area contributed by atoms with E-state index in [1.54, 1.807) is 34.6 Å². The first kappa shape index (κ1) is 42.3. The summed E-state index contributed by atoms with van der Waals surface area (Å²) >= 11 is 0. The molecule has 296 valence electrons. The number of likely N-dealkylation sites (N-methyl/N-ethyl adjacent to an activating group) is 1. The minimum Gasteiger partial charge on any atom is -0.472 e. The monoisotopic (exact) mass is 730 g/mol. The highest BCUT2D eigenvalue weighted by Gasteiger charge is 2.56. The lowest BCUT2D eigenvalue weighted by Crippen LogP contribution is -2.60. The summed E-state index contributed by atoms with van der Waals surface area (Å²) in [5.41, 5.74) is -3.91.